The number of aromatic nitrogens is 4. The minimum absolute atomic E-state index is 0.0312. The number of benzene rings is 1. The summed E-state index contributed by atoms with van der Waals surface area (Å²) < 4.78 is 21.4. The number of ether oxygens (including phenoxy) is 1. The quantitative estimate of drug-likeness (QED) is 0.494. The molecule has 2 aromatic heterocycles. The summed E-state index contributed by atoms with van der Waals surface area (Å²) in [6, 6.07) is 4.89. The first kappa shape index (κ1) is 21.2. The van der Waals surface area contributed by atoms with Crippen molar-refractivity contribution in [3.63, 3.8) is 0 Å². The van der Waals surface area contributed by atoms with Crippen molar-refractivity contribution >= 4 is 34.3 Å². The van der Waals surface area contributed by atoms with Gasteiger partial charge in [0.05, 0.1) is 12.9 Å². The van der Waals surface area contributed by atoms with Crippen molar-refractivity contribution in [1.29, 1.82) is 0 Å². The molecule has 4 atom stereocenters. The summed E-state index contributed by atoms with van der Waals surface area (Å²) in [7, 11) is 0. The monoisotopic (exact) mass is 475 g/mol. The first-order valence-corrected chi connectivity index (χ1v) is 11.4. The second kappa shape index (κ2) is 7.57. The predicted octanol–water partition coefficient (Wildman–Crippen LogP) is 2.19. The second-order valence-electron chi connectivity index (χ2n) is 9.10. The Bertz CT molecular complexity index is 1230. The van der Waals surface area contributed by atoms with Gasteiger partial charge in [0.15, 0.2) is 23.2 Å². The van der Waals surface area contributed by atoms with Gasteiger partial charge >= 0.3 is 0 Å². The maximum atomic E-state index is 14.3. The van der Waals surface area contributed by atoms with E-state index < -0.39 is 31.1 Å². The molecule has 3 aliphatic rings. The van der Waals surface area contributed by atoms with E-state index in [1.54, 1.807) is 0 Å². The van der Waals surface area contributed by atoms with Crippen LogP contribution >= 0.6 is 11.6 Å². The van der Waals surface area contributed by atoms with E-state index >= 15 is 0 Å². The lowest BCUT2D eigenvalue weighted by atomic mass is 9.81. The van der Waals surface area contributed by atoms with E-state index in [4.69, 9.17) is 16.3 Å². The Labute approximate surface area is 193 Å². The lowest BCUT2D eigenvalue weighted by Gasteiger charge is -2.25. The highest BCUT2D eigenvalue weighted by molar-refractivity contribution is 6.28. The van der Waals surface area contributed by atoms with Gasteiger partial charge in [-0.3, -0.25) is 4.57 Å². The van der Waals surface area contributed by atoms with Crippen LogP contribution in [-0.2, 0) is 10.2 Å². The fourth-order valence-corrected chi connectivity index (χ4v) is 5.84. The van der Waals surface area contributed by atoms with Crippen molar-refractivity contribution in [2.75, 3.05) is 18.1 Å². The van der Waals surface area contributed by atoms with Gasteiger partial charge in [-0.1, -0.05) is 18.9 Å². The number of hydrogen-bond donors (Lipinski definition) is 3. The van der Waals surface area contributed by atoms with Gasteiger partial charge in [0.2, 0.25) is 5.28 Å². The smallest absolute Gasteiger partial charge is 0.226 e. The molecule has 3 aromatic rings. The van der Waals surface area contributed by atoms with E-state index in [1.807, 2.05) is 11.0 Å². The molecule has 2 aliphatic heterocycles. The molecular weight excluding hydrogens is 453 g/mol. The van der Waals surface area contributed by atoms with Crippen molar-refractivity contribution in [2.24, 2.45) is 0 Å². The Morgan fingerprint density at radius 1 is 1.18 bits per heavy atom. The molecule has 1 saturated carbocycles. The minimum Gasteiger partial charge on any atom is -0.394 e. The van der Waals surface area contributed by atoms with E-state index in [2.05, 4.69) is 15.0 Å². The van der Waals surface area contributed by atoms with Crippen molar-refractivity contribution in [1.82, 2.24) is 19.5 Å². The standard InChI is InChI=1S/C22H23ClFN5O4/c23-21-26-18(28-9-22(5-1-2-6-22)12-4-3-11(24)7-13(12)28)15-19(27-21)29(10-25-15)20-17(32)16(31)14(8-30)33-20/h3-4,7,10,14,16-17,20,30-32H,1-2,5-6,8-9H2/t14-,16?,17?,20-/m1/s1. The molecule has 2 fully saturated rings. The van der Waals surface area contributed by atoms with Gasteiger partial charge in [0, 0.05) is 17.6 Å². The molecule has 6 rings (SSSR count). The van der Waals surface area contributed by atoms with Crippen LogP contribution in [0, 0.1) is 5.82 Å². The molecular formula is C22H23ClFN5O4. The molecule has 33 heavy (non-hydrogen) atoms. The summed E-state index contributed by atoms with van der Waals surface area (Å²) in [4.78, 5) is 15.2. The zero-order valence-electron chi connectivity index (χ0n) is 17.6. The second-order valence-corrected chi connectivity index (χ2v) is 9.44. The van der Waals surface area contributed by atoms with Crippen LogP contribution in [0.3, 0.4) is 0 Å². The zero-order valence-corrected chi connectivity index (χ0v) is 18.4. The van der Waals surface area contributed by atoms with Crippen LogP contribution in [-0.4, -0.2) is 66.3 Å². The zero-order chi connectivity index (χ0) is 22.9. The lowest BCUT2D eigenvalue weighted by Crippen LogP contribution is -2.33. The molecule has 1 saturated heterocycles. The number of anilines is 2. The number of fused-ring (bicyclic) bond motifs is 3. The Kier molecular flexibility index (Phi) is 4.86. The van der Waals surface area contributed by atoms with Crippen LogP contribution in [0.25, 0.3) is 11.2 Å². The number of hydrogen-bond acceptors (Lipinski definition) is 8. The maximum absolute atomic E-state index is 14.3. The molecule has 0 amide bonds. The Hall–Kier alpha value is -2.37. The summed E-state index contributed by atoms with van der Waals surface area (Å²) in [6.07, 6.45) is 1.20. The first-order valence-electron chi connectivity index (χ1n) is 11.0. The van der Waals surface area contributed by atoms with Gasteiger partial charge in [0.1, 0.15) is 24.1 Å². The van der Waals surface area contributed by atoms with Crippen LogP contribution in [0.4, 0.5) is 15.9 Å². The van der Waals surface area contributed by atoms with Crippen LogP contribution in [0.1, 0.15) is 37.5 Å². The number of halogens is 2. The molecule has 1 aliphatic carbocycles. The van der Waals surface area contributed by atoms with Crippen LogP contribution < -0.4 is 4.90 Å². The van der Waals surface area contributed by atoms with Gasteiger partial charge in [-0.2, -0.15) is 9.97 Å². The fourth-order valence-electron chi connectivity index (χ4n) is 5.68. The molecule has 2 unspecified atom stereocenters. The number of aliphatic hydroxyl groups is 3. The molecule has 0 radical (unpaired) electrons. The molecule has 1 spiro atoms. The Morgan fingerprint density at radius 3 is 2.70 bits per heavy atom. The minimum atomic E-state index is -1.29. The van der Waals surface area contributed by atoms with Gasteiger partial charge in [-0.25, -0.2) is 9.37 Å². The van der Waals surface area contributed by atoms with E-state index in [1.165, 1.54) is 23.0 Å². The fraction of sp³-hybridized carbons (Fsp3) is 0.500. The molecule has 0 bridgehead atoms. The molecule has 1 aromatic carbocycles. The highest BCUT2D eigenvalue weighted by atomic mass is 35.5. The van der Waals surface area contributed by atoms with E-state index in [0.717, 1.165) is 36.9 Å². The summed E-state index contributed by atoms with van der Waals surface area (Å²) in [5, 5.41) is 30.0. The third-order valence-electron chi connectivity index (χ3n) is 7.27. The van der Waals surface area contributed by atoms with E-state index in [9.17, 15) is 19.7 Å². The summed E-state index contributed by atoms with van der Waals surface area (Å²) in [5.41, 5.74) is 2.51. The van der Waals surface area contributed by atoms with Gasteiger partial charge < -0.3 is 25.0 Å². The first-order chi connectivity index (χ1) is 15.9. The summed E-state index contributed by atoms with van der Waals surface area (Å²) in [5.74, 6) is 0.119. The van der Waals surface area contributed by atoms with Crippen molar-refractivity contribution < 1.29 is 24.4 Å². The van der Waals surface area contributed by atoms with Crippen LogP contribution in [0.15, 0.2) is 24.5 Å². The number of nitrogens with zero attached hydrogens (tertiary/aromatic N) is 5. The van der Waals surface area contributed by atoms with Gasteiger partial charge in [-0.05, 0) is 42.1 Å². The van der Waals surface area contributed by atoms with Crippen molar-refractivity contribution in [3.05, 3.63) is 41.2 Å². The lowest BCUT2D eigenvalue weighted by molar-refractivity contribution is -0.0511. The molecule has 9 nitrogen and oxygen atoms in total. The highest BCUT2D eigenvalue weighted by Crippen LogP contribution is 2.53. The van der Waals surface area contributed by atoms with Crippen molar-refractivity contribution in [3.8, 4) is 0 Å². The van der Waals surface area contributed by atoms with Gasteiger partial charge in [-0.15, -0.1) is 0 Å². The number of rotatable bonds is 3. The Morgan fingerprint density at radius 2 is 1.97 bits per heavy atom. The Balaban J connectivity index is 1.48. The van der Waals surface area contributed by atoms with E-state index in [-0.39, 0.29) is 16.5 Å². The molecule has 11 heteroatoms. The molecule has 4 heterocycles. The SMILES string of the molecule is OC[C@H]1O[C@@H](n2cnc3c(N4CC5(CCCC5)c5ccc(F)cc54)nc(Cl)nc32)C(O)C1O. The summed E-state index contributed by atoms with van der Waals surface area (Å²) >= 11 is 6.31. The topological polar surface area (TPSA) is 117 Å². The normalized spacial score (nSPS) is 28.3. The summed E-state index contributed by atoms with van der Waals surface area (Å²) in [6.45, 7) is 0.190. The van der Waals surface area contributed by atoms with Crippen LogP contribution in [0.2, 0.25) is 5.28 Å². The van der Waals surface area contributed by atoms with Crippen molar-refractivity contribution in [2.45, 2.75) is 55.6 Å². The molecule has 3 N–H and O–H groups in total. The van der Waals surface area contributed by atoms with Gasteiger partial charge in [0.25, 0.3) is 0 Å². The van der Waals surface area contributed by atoms with Crippen LogP contribution in [0.5, 0.6) is 0 Å². The maximum Gasteiger partial charge on any atom is 0.226 e. The average Bonchev–Trinajstić information content (AvgIpc) is 3.56. The number of imidazole rings is 1. The molecule has 174 valence electrons. The predicted molar refractivity (Wildman–Crippen MR) is 117 cm³/mol. The third kappa shape index (κ3) is 3.08. The third-order valence-corrected chi connectivity index (χ3v) is 7.44. The highest BCUT2D eigenvalue weighted by Gasteiger charge is 2.47. The van der Waals surface area contributed by atoms with E-state index in [0.29, 0.717) is 23.5 Å². The average molecular weight is 476 g/mol. The number of aliphatic hydroxyl groups excluding tert-OH is 3. The largest absolute Gasteiger partial charge is 0.394 e.